The predicted molar refractivity (Wildman–Crippen MR) is 76.3 cm³/mol. The van der Waals surface area contributed by atoms with Crippen LogP contribution in [0.4, 0.5) is 0 Å². The first-order valence-corrected chi connectivity index (χ1v) is 6.10. The summed E-state index contributed by atoms with van der Waals surface area (Å²) in [6.07, 6.45) is 1.73. The number of aryl methyl sites for hydroxylation is 1. The summed E-state index contributed by atoms with van der Waals surface area (Å²) in [6, 6.07) is 11.5. The molecule has 4 aromatic rings. The predicted octanol–water partition coefficient (Wildman–Crippen LogP) is 2.57. The van der Waals surface area contributed by atoms with Crippen molar-refractivity contribution in [2.24, 2.45) is 7.05 Å². The van der Waals surface area contributed by atoms with Crippen molar-refractivity contribution in [2.45, 2.75) is 0 Å². The second-order valence-electron chi connectivity index (χ2n) is 4.71. The maximum atomic E-state index is 12.6. The van der Waals surface area contributed by atoms with Crippen LogP contribution in [0.5, 0.6) is 0 Å². The Bertz CT molecular complexity index is 995. The molecule has 0 aliphatic carbocycles. The highest BCUT2D eigenvalue weighted by molar-refractivity contribution is 6.06. The molecule has 0 bridgehead atoms. The zero-order valence-electron chi connectivity index (χ0n) is 10.3. The minimum Gasteiger partial charge on any atom is -0.354 e. The molecule has 4 rings (SSSR count). The lowest BCUT2D eigenvalue weighted by Crippen LogP contribution is -2.04. The Hall–Kier alpha value is -2.62. The van der Waals surface area contributed by atoms with E-state index in [-0.39, 0.29) is 5.43 Å². The SMILES string of the molecule is Cn1cnc2c3c(=O)c4ccccc4[nH]c3ccc21. The minimum absolute atomic E-state index is 0.0358. The van der Waals surface area contributed by atoms with Gasteiger partial charge in [0, 0.05) is 18.0 Å². The van der Waals surface area contributed by atoms with Gasteiger partial charge in [0.15, 0.2) is 5.43 Å². The quantitative estimate of drug-likeness (QED) is 0.487. The smallest absolute Gasteiger partial charge is 0.199 e. The average Bonchev–Trinajstić information content (AvgIpc) is 2.80. The Balaban J connectivity index is 2.37. The molecule has 0 atom stereocenters. The van der Waals surface area contributed by atoms with Crippen molar-refractivity contribution < 1.29 is 0 Å². The number of hydrogen-bond acceptors (Lipinski definition) is 2. The largest absolute Gasteiger partial charge is 0.354 e. The third kappa shape index (κ3) is 1.28. The molecule has 0 fully saturated rings. The Morgan fingerprint density at radius 2 is 1.95 bits per heavy atom. The highest BCUT2D eigenvalue weighted by Gasteiger charge is 2.11. The van der Waals surface area contributed by atoms with Crippen LogP contribution >= 0.6 is 0 Å². The number of pyridine rings is 1. The van der Waals surface area contributed by atoms with Crippen LogP contribution < -0.4 is 5.43 Å². The maximum Gasteiger partial charge on any atom is 0.199 e. The van der Waals surface area contributed by atoms with E-state index in [1.807, 2.05) is 48.0 Å². The number of aromatic amines is 1. The molecule has 0 aliphatic rings. The minimum atomic E-state index is 0.0358. The summed E-state index contributed by atoms with van der Waals surface area (Å²) in [5, 5.41) is 1.37. The van der Waals surface area contributed by atoms with Crippen molar-refractivity contribution in [3.8, 4) is 0 Å². The summed E-state index contributed by atoms with van der Waals surface area (Å²) >= 11 is 0. The number of hydrogen-bond donors (Lipinski definition) is 1. The lowest BCUT2D eigenvalue weighted by Gasteiger charge is -2.03. The lowest BCUT2D eigenvalue weighted by atomic mass is 10.1. The topological polar surface area (TPSA) is 50.7 Å². The van der Waals surface area contributed by atoms with Crippen LogP contribution in [0, 0.1) is 0 Å². The van der Waals surface area contributed by atoms with Gasteiger partial charge in [0.1, 0.15) is 5.52 Å². The summed E-state index contributed by atoms with van der Waals surface area (Å²) in [5.74, 6) is 0. The molecule has 4 heteroatoms. The van der Waals surface area contributed by atoms with E-state index in [4.69, 9.17) is 0 Å². The first-order chi connectivity index (χ1) is 9.25. The molecule has 4 nitrogen and oxygen atoms in total. The van der Waals surface area contributed by atoms with Crippen LogP contribution in [0.15, 0.2) is 47.5 Å². The van der Waals surface area contributed by atoms with Crippen molar-refractivity contribution in [3.05, 3.63) is 52.9 Å². The van der Waals surface area contributed by atoms with E-state index in [1.54, 1.807) is 6.33 Å². The van der Waals surface area contributed by atoms with Gasteiger partial charge < -0.3 is 9.55 Å². The number of H-pyrrole nitrogens is 1. The molecular weight excluding hydrogens is 238 g/mol. The molecule has 1 N–H and O–H groups in total. The van der Waals surface area contributed by atoms with Crippen LogP contribution in [0.2, 0.25) is 0 Å². The molecule has 0 unspecified atom stereocenters. The monoisotopic (exact) mass is 249 g/mol. The van der Waals surface area contributed by atoms with Gasteiger partial charge in [-0.05, 0) is 24.3 Å². The molecule has 0 aliphatic heterocycles. The Morgan fingerprint density at radius 1 is 1.11 bits per heavy atom. The van der Waals surface area contributed by atoms with E-state index < -0.39 is 0 Å². The molecule has 2 aromatic heterocycles. The van der Waals surface area contributed by atoms with Crippen molar-refractivity contribution in [3.63, 3.8) is 0 Å². The normalized spacial score (nSPS) is 11.6. The van der Waals surface area contributed by atoms with E-state index in [0.717, 1.165) is 22.1 Å². The maximum absolute atomic E-state index is 12.6. The van der Waals surface area contributed by atoms with Crippen LogP contribution in [-0.4, -0.2) is 14.5 Å². The van der Waals surface area contributed by atoms with Gasteiger partial charge in [0.2, 0.25) is 0 Å². The average molecular weight is 249 g/mol. The number of nitrogens with one attached hydrogen (secondary N) is 1. The molecule has 19 heavy (non-hydrogen) atoms. The number of nitrogens with zero attached hydrogens (tertiary/aromatic N) is 2. The first kappa shape index (κ1) is 10.3. The van der Waals surface area contributed by atoms with Gasteiger partial charge in [-0.2, -0.15) is 0 Å². The number of imidazole rings is 1. The first-order valence-electron chi connectivity index (χ1n) is 6.10. The van der Waals surface area contributed by atoms with Gasteiger partial charge in [-0.25, -0.2) is 4.98 Å². The van der Waals surface area contributed by atoms with E-state index in [1.165, 1.54) is 0 Å². The molecule has 2 aromatic carbocycles. The summed E-state index contributed by atoms with van der Waals surface area (Å²) < 4.78 is 1.92. The summed E-state index contributed by atoms with van der Waals surface area (Å²) in [5.41, 5.74) is 3.44. The van der Waals surface area contributed by atoms with Gasteiger partial charge in [0.05, 0.1) is 22.7 Å². The zero-order chi connectivity index (χ0) is 13.0. The molecule has 92 valence electrons. The second kappa shape index (κ2) is 3.45. The van der Waals surface area contributed by atoms with Gasteiger partial charge in [-0.1, -0.05) is 12.1 Å². The number of para-hydroxylation sites is 1. The van der Waals surface area contributed by atoms with E-state index in [2.05, 4.69) is 9.97 Å². The third-order valence-electron chi connectivity index (χ3n) is 3.56. The van der Waals surface area contributed by atoms with Crippen molar-refractivity contribution in [2.75, 3.05) is 0 Å². The van der Waals surface area contributed by atoms with Crippen LogP contribution in [0.3, 0.4) is 0 Å². The fraction of sp³-hybridized carbons (Fsp3) is 0.0667. The molecule has 0 radical (unpaired) electrons. The molecule has 2 heterocycles. The number of fused-ring (bicyclic) bond motifs is 4. The van der Waals surface area contributed by atoms with Gasteiger partial charge in [-0.15, -0.1) is 0 Å². The van der Waals surface area contributed by atoms with Gasteiger partial charge in [-0.3, -0.25) is 4.79 Å². The van der Waals surface area contributed by atoms with E-state index in [9.17, 15) is 4.79 Å². The molecule has 0 amide bonds. The van der Waals surface area contributed by atoms with E-state index in [0.29, 0.717) is 10.8 Å². The number of aromatic nitrogens is 3. The summed E-state index contributed by atoms with van der Waals surface area (Å²) in [4.78, 5) is 20.3. The van der Waals surface area contributed by atoms with Crippen molar-refractivity contribution >= 4 is 32.8 Å². The number of benzene rings is 2. The van der Waals surface area contributed by atoms with Gasteiger partial charge >= 0.3 is 0 Å². The Morgan fingerprint density at radius 3 is 2.84 bits per heavy atom. The molecule has 0 saturated carbocycles. The van der Waals surface area contributed by atoms with Crippen LogP contribution in [0.25, 0.3) is 32.8 Å². The fourth-order valence-corrected chi connectivity index (χ4v) is 2.61. The number of rotatable bonds is 0. The zero-order valence-corrected chi connectivity index (χ0v) is 10.3. The summed E-state index contributed by atoms with van der Waals surface area (Å²) in [7, 11) is 1.93. The molecular formula is C15H11N3O. The highest BCUT2D eigenvalue weighted by Crippen LogP contribution is 2.22. The Labute approximate surface area is 108 Å². The van der Waals surface area contributed by atoms with Gasteiger partial charge in [0.25, 0.3) is 0 Å². The lowest BCUT2D eigenvalue weighted by molar-refractivity contribution is 0.948. The Kier molecular flexibility index (Phi) is 1.87. The highest BCUT2D eigenvalue weighted by atomic mass is 16.1. The van der Waals surface area contributed by atoms with E-state index >= 15 is 0 Å². The molecule has 0 saturated heterocycles. The standard InChI is InChI=1S/C15H11N3O/c1-18-8-16-14-12(18)7-6-11-13(14)15(19)9-4-2-3-5-10(9)17-11/h2-8H,1H3,(H,17,19). The second-order valence-corrected chi connectivity index (χ2v) is 4.71. The third-order valence-corrected chi connectivity index (χ3v) is 3.56. The molecule has 0 spiro atoms. The fourth-order valence-electron chi connectivity index (χ4n) is 2.61. The van der Waals surface area contributed by atoms with Crippen LogP contribution in [-0.2, 0) is 7.05 Å². The summed E-state index contributed by atoms with van der Waals surface area (Å²) in [6.45, 7) is 0. The van der Waals surface area contributed by atoms with Crippen LogP contribution in [0.1, 0.15) is 0 Å². The van der Waals surface area contributed by atoms with Crippen molar-refractivity contribution in [1.82, 2.24) is 14.5 Å². The van der Waals surface area contributed by atoms with Crippen molar-refractivity contribution in [1.29, 1.82) is 0 Å².